The highest BCUT2D eigenvalue weighted by Gasteiger charge is 2.23. The molecule has 4 rings (SSSR count). The number of carbonyl (C=O) groups is 1. The van der Waals surface area contributed by atoms with Crippen LogP contribution in [0.15, 0.2) is 63.9 Å². The number of nitrogens with zero attached hydrogens (tertiary/aromatic N) is 1. The summed E-state index contributed by atoms with van der Waals surface area (Å²) in [5, 5.41) is 2.97. The SMILES string of the molecule is Cc1oc(-c2ccc(C(=O)NC3CC3)cc2)nc1CS(=O)c1ccccc1. The molecule has 1 fully saturated rings. The van der Waals surface area contributed by atoms with E-state index in [1.165, 1.54) is 0 Å². The van der Waals surface area contributed by atoms with Crippen LogP contribution in [-0.2, 0) is 16.6 Å². The number of carbonyl (C=O) groups excluding carboxylic acids is 1. The Morgan fingerprint density at radius 3 is 2.52 bits per heavy atom. The molecule has 1 saturated carbocycles. The van der Waals surface area contributed by atoms with E-state index >= 15 is 0 Å². The molecule has 1 unspecified atom stereocenters. The summed E-state index contributed by atoms with van der Waals surface area (Å²) in [5.41, 5.74) is 2.10. The Bertz CT molecular complexity index is 976. The summed E-state index contributed by atoms with van der Waals surface area (Å²) in [5.74, 6) is 1.39. The molecule has 0 aliphatic heterocycles. The Hall–Kier alpha value is -2.73. The molecule has 27 heavy (non-hydrogen) atoms. The Morgan fingerprint density at radius 2 is 1.85 bits per heavy atom. The molecule has 1 amide bonds. The van der Waals surface area contributed by atoms with Gasteiger partial charge in [-0.15, -0.1) is 0 Å². The third kappa shape index (κ3) is 4.17. The van der Waals surface area contributed by atoms with Crippen LogP contribution in [0.4, 0.5) is 0 Å². The average Bonchev–Trinajstić information content (AvgIpc) is 3.44. The highest BCUT2D eigenvalue weighted by atomic mass is 32.2. The lowest BCUT2D eigenvalue weighted by atomic mass is 10.1. The monoisotopic (exact) mass is 380 g/mol. The zero-order chi connectivity index (χ0) is 18.8. The molecule has 0 spiro atoms. The van der Waals surface area contributed by atoms with E-state index in [-0.39, 0.29) is 5.91 Å². The fourth-order valence-corrected chi connectivity index (χ4v) is 3.87. The summed E-state index contributed by atoms with van der Waals surface area (Å²) in [6.45, 7) is 1.82. The van der Waals surface area contributed by atoms with E-state index in [4.69, 9.17) is 4.42 Å². The van der Waals surface area contributed by atoms with Crippen molar-refractivity contribution in [3.8, 4) is 11.5 Å². The van der Waals surface area contributed by atoms with Gasteiger partial charge in [0.05, 0.1) is 22.2 Å². The minimum Gasteiger partial charge on any atom is -0.441 e. The molecule has 3 aromatic rings. The third-order valence-electron chi connectivity index (χ3n) is 4.47. The molecule has 1 N–H and O–H groups in total. The molecular weight excluding hydrogens is 360 g/mol. The van der Waals surface area contributed by atoms with Gasteiger partial charge < -0.3 is 9.73 Å². The van der Waals surface area contributed by atoms with Crippen LogP contribution < -0.4 is 5.32 Å². The molecule has 1 heterocycles. The lowest BCUT2D eigenvalue weighted by molar-refractivity contribution is 0.0951. The van der Waals surface area contributed by atoms with Crippen molar-refractivity contribution in [2.24, 2.45) is 0 Å². The normalized spacial score (nSPS) is 14.7. The van der Waals surface area contributed by atoms with E-state index in [1.54, 1.807) is 12.1 Å². The first-order valence-electron chi connectivity index (χ1n) is 8.91. The standard InChI is InChI=1S/C21H20N2O3S/c1-14-19(13-27(25)18-5-3-2-4-6-18)23-21(26-14)16-9-7-15(8-10-16)20(24)22-17-11-12-17/h2-10,17H,11-13H2,1H3,(H,22,24). The largest absolute Gasteiger partial charge is 0.441 e. The highest BCUT2D eigenvalue weighted by molar-refractivity contribution is 7.84. The maximum atomic E-state index is 12.5. The Kier molecular flexibility index (Phi) is 4.90. The van der Waals surface area contributed by atoms with Gasteiger partial charge in [-0.05, 0) is 56.2 Å². The molecular formula is C21H20N2O3S. The van der Waals surface area contributed by atoms with Crippen LogP contribution in [0.3, 0.4) is 0 Å². The van der Waals surface area contributed by atoms with Gasteiger partial charge in [0.1, 0.15) is 5.76 Å². The van der Waals surface area contributed by atoms with E-state index in [0.717, 1.165) is 23.3 Å². The summed E-state index contributed by atoms with van der Waals surface area (Å²) < 4.78 is 18.3. The number of oxazole rings is 1. The number of aryl methyl sites for hydroxylation is 1. The van der Waals surface area contributed by atoms with E-state index < -0.39 is 10.8 Å². The molecule has 2 aromatic carbocycles. The van der Waals surface area contributed by atoms with Crippen LogP contribution >= 0.6 is 0 Å². The van der Waals surface area contributed by atoms with Crippen LogP contribution in [0.1, 0.15) is 34.7 Å². The van der Waals surface area contributed by atoms with Gasteiger partial charge in [0.15, 0.2) is 0 Å². The third-order valence-corrected chi connectivity index (χ3v) is 5.81. The van der Waals surface area contributed by atoms with E-state index in [0.29, 0.717) is 34.7 Å². The van der Waals surface area contributed by atoms with Gasteiger partial charge in [0.2, 0.25) is 5.89 Å². The molecule has 6 heteroatoms. The lowest BCUT2D eigenvalue weighted by Crippen LogP contribution is -2.25. The molecule has 1 aromatic heterocycles. The predicted octanol–water partition coefficient (Wildman–Crippen LogP) is 3.85. The zero-order valence-corrected chi connectivity index (χ0v) is 15.8. The number of rotatable bonds is 6. The second-order valence-corrected chi connectivity index (χ2v) is 8.10. The Labute approximate surface area is 160 Å². The maximum Gasteiger partial charge on any atom is 0.251 e. The average molecular weight is 380 g/mol. The smallest absolute Gasteiger partial charge is 0.251 e. The molecule has 1 atom stereocenters. The number of hydrogen-bond donors (Lipinski definition) is 1. The second-order valence-electron chi connectivity index (χ2n) is 6.65. The van der Waals surface area contributed by atoms with Crippen LogP contribution in [0.2, 0.25) is 0 Å². The Balaban J connectivity index is 1.49. The second kappa shape index (κ2) is 7.48. The quantitative estimate of drug-likeness (QED) is 0.705. The lowest BCUT2D eigenvalue weighted by Gasteiger charge is -2.03. The molecule has 5 nitrogen and oxygen atoms in total. The molecule has 1 aliphatic rings. The van der Waals surface area contributed by atoms with Crippen molar-refractivity contribution in [3.63, 3.8) is 0 Å². The first-order chi connectivity index (χ1) is 13.1. The van der Waals surface area contributed by atoms with Gasteiger partial charge in [-0.1, -0.05) is 18.2 Å². The summed E-state index contributed by atoms with van der Waals surface area (Å²) in [4.78, 5) is 17.4. The summed E-state index contributed by atoms with van der Waals surface area (Å²) >= 11 is 0. The number of nitrogens with one attached hydrogen (secondary N) is 1. The van der Waals surface area contributed by atoms with Crippen molar-refractivity contribution >= 4 is 16.7 Å². The topological polar surface area (TPSA) is 72.2 Å². The number of benzene rings is 2. The van der Waals surface area contributed by atoms with Gasteiger partial charge in [0.25, 0.3) is 5.91 Å². The minimum absolute atomic E-state index is 0.0495. The van der Waals surface area contributed by atoms with Crippen molar-refractivity contribution in [1.82, 2.24) is 10.3 Å². The number of amides is 1. The van der Waals surface area contributed by atoms with Gasteiger partial charge in [-0.3, -0.25) is 9.00 Å². The van der Waals surface area contributed by atoms with Crippen LogP contribution in [0.5, 0.6) is 0 Å². The van der Waals surface area contributed by atoms with Crippen molar-refractivity contribution < 1.29 is 13.4 Å². The number of aromatic nitrogens is 1. The first kappa shape index (κ1) is 17.7. The summed E-state index contributed by atoms with van der Waals surface area (Å²) in [6, 6.07) is 16.9. The molecule has 0 bridgehead atoms. The fourth-order valence-electron chi connectivity index (χ4n) is 2.73. The summed E-state index contributed by atoms with van der Waals surface area (Å²) in [6.07, 6.45) is 2.12. The Morgan fingerprint density at radius 1 is 1.15 bits per heavy atom. The van der Waals surface area contributed by atoms with Crippen LogP contribution in [0.25, 0.3) is 11.5 Å². The molecule has 0 saturated heterocycles. The van der Waals surface area contributed by atoms with Crippen molar-refractivity contribution in [2.45, 2.75) is 36.5 Å². The number of hydrogen-bond acceptors (Lipinski definition) is 4. The van der Waals surface area contributed by atoms with Crippen LogP contribution in [-0.4, -0.2) is 21.1 Å². The fraction of sp³-hybridized carbons (Fsp3) is 0.238. The molecule has 1 aliphatic carbocycles. The van der Waals surface area contributed by atoms with Crippen molar-refractivity contribution in [1.29, 1.82) is 0 Å². The van der Waals surface area contributed by atoms with Gasteiger partial charge in [0, 0.05) is 22.1 Å². The maximum absolute atomic E-state index is 12.5. The van der Waals surface area contributed by atoms with E-state index in [9.17, 15) is 9.00 Å². The zero-order valence-electron chi connectivity index (χ0n) is 15.0. The van der Waals surface area contributed by atoms with Gasteiger partial charge in [-0.25, -0.2) is 4.98 Å². The first-order valence-corrected chi connectivity index (χ1v) is 10.2. The van der Waals surface area contributed by atoms with Crippen molar-refractivity contribution in [3.05, 3.63) is 71.6 Å². The highest BCUT2D eigenvalue weighted by Crippen LogP contribution is 2.24. The van der Waals surface area contributed by atoms with Gasteiger partial charge >= 0.3 is 0 Å². The van der Waals surface area contributed by atoms with E-state index in [2.05, 4.69) is 10.3 Å². The minimum atomic E-state index is -1.17. The predicted molar refractivity (Wildman–Crippen MR) is 104 cm³/mol. The molecule has 0 radical (unpaired) electrons. The van der Waals surface area contributed by atoms with Crippen LogP contribution in [0, 0.1) is 6.92 Å². The van der Waals surface area contributed by atoms with Crippen molar-refractivity contribution in [2.75, 3.05) is 0 Å². The summed E-state index contributed by atoms with van der Waals surface area (Å²) in [7, 11) is -1.17. The molecule has 138 valence electrons. The van der Waals surface area contributed by atoms with E-state index in [1.807, 2.05) is 49.4 Å². The van der Waals surface area contributed by atoms with Gasteiger partial charge in [-0.2, -0.15) is 0 Å².